The summed E-state index contributed by atoms with van der Waals surface area (Å²) in [7, 11) is 0. The second-order valence-electron chi connectivity index (χ2n) is 3.70. The van der Waals surface area contributed by atoms with Gasteiger partial charge in [-0.25, -0.2) is 4.39 Å². The molecule has 1 aromatic heterocycles. The maximum atomic E-state index is 13.1. The van der Waals surface area contributed by atoms with Gasteiger partial charge in [0.1, 0.15) is 0 Å². The Labute approximate surface area is 93.0 Å². The van der Waals surface area contributed by atoms with Gasteiger partial charge in [-0.05, 0) is 24.6 Å². The fourth-order valence-corrected chi connectivity index (χ4v) is 1.61. The van der Waals surface area contributed by atoms with E-state index >= 15 is 0 Å². The topological polar surface area (TPSA) is 22.0 Å². The van der Waals surface area contributed by atoms with E-state index in [4.69, 9.17) is 0 Å². The zero-order valence-electron chi connectivity index (χ0n) is 8.98. The molecule has 0 fully saturated rings. The van der Waals surface area contributed by atoms with E-state index in [1.54, 1.807) is 13.0 Å². The summed E-state index contributed by atoms with van der Waals surface area (Å²) in [6.45, 7) is 2.20. The normalized spacial score (nSPS) is 10.4. The molecule has 0 saturated carbocycles. The minimum Gasteiger partial charge on any atom is -0.306 e. The highest BCUT2D eigenvalue weighted by atomic mass is 19.1. The highest BCUT2D eigenvalue weighted by molar-refractivity contribution is 5.17. The zero-order chi connectivity index (χ0) is 11.5. The van der Waals surface area contributed by atoms with Gasteiger partial charge in [0.15, 0.2) is 5.82 Å². The summed E-state index contributed by atoms with van der Waals surface area (Å²) < 4.78 is 14.6. The Morgan fingerprint density at radius 3 is 2.50 bits per heavy atom. The fraction of sp³-hybridized carbons (Fsp3) is 0.154. The van der Waals surface area contributed by atoms with Crippen molar-refractivity contribution in [2.75, 3.05) is 0 Å². The lowest BCUT2D eigenvalue weighted by Crippen LogP contribution is -2.25. The third-order valence-electron chi connectivity index (χ3n) is 2.53. The molecule has 1 aromatic carbocycles. The van der Waals surface area contributed by atoms with Gasteiger partial charge in [0.2, 0.25) is 0 Å². The van der Waals surface area contributed by atoms with Crippen molar-refractivity contribution in [2.24, 2.45) is 0 Å². The molecule has 0 N–H and O–H groups in total. The van der Waals surface area contributed by atoms with Crippen molar-refractivity contribution in [3.8, 4) is 0 Å². The van der Waals surface area contributed by atoms with E-state index in [0.717, 1.165) is 11.3 Å². The molecule has 2 rings (SSSR count). The molecule has 0 radical (unpaired) electrons. The lowest BCUT2D eigenvalue weighted by molar-refractivity contribution is 0.575. The number of rotatable bonds is 2. The Kier molecular flexibility index (Phi) is 2.86. The average molecular weight is 217 g/mol. The van der Waals surface area contributed by atoms with Gasteiger partial charge >= 0.3 is 0 Å². The minimum atomic E-state index is -0.707. The van der Waals surface area contributed by atoms with Crippen LogP contribution in [-0.4, -0.2) is 4.57 Å². The summed E-state index contributed by atoms with van der Waals surface area (Å²) in [4.78, 5) is 11.6. The molecule has 0 bridgehead atoms. The molecule has 0 aliphatic carbocycles. The van der Waals surface area contributed by atoms with Crippen LogP contribution in [0.3, 0.4) is 0 Å². The molecule has 0 aliphatic rings. The first-order chi connectivity index (χ1) is 7.68. The molecule has 1 heterocycles. The Morgan fingerprint density at radius 2 is 1.81 bits per heavy atom. The molecule has 0 aliphatic heterocycles. The van der Waals surface area contributed by atoms with Crippen LogP contribution < -0.4 is 5.56 Å². The second-order valence-corrected chi connectivity index (χ2v) is 3.70. The molecule has 0 amide bonds. The Bertz CT molecular complexity index is 546. The van der Waals surface area contributed by atoms with E-state index in [1.165, 1.54) is 10.6 Å². The van der Waals surface area contributed by atoms with E-state index < -0.39 is 11.4 Å². The van der Waals surface area contributed by atoms with Crippen molar-refractivity contribution in [3.05, 3.63) is 69.9 Å². The highest BCUT2D eigenvalue weighted by Gasteiger charge is 2.05. The van der Waals surface area contributed by atoms with Crippen molar-refractivity contribution < 1.29 is 4.39 Å². The van der Waals surface area contributed by atoms with E-state index in [9.17, 15) is 9.18 Å². The van der Waals surface area contributed by atoms with Gasteiger partial charge in [0, 0.05) is 5.69 Å². The summed E-state index contributed by atoms with van der Waals surface area (Å²) in [6, 6.07) is 12.3. The summed E-state index contributed by atoms with van der Waals surface area (Å²) in [5.74, 6) is -0.707. The number of halogens is 1. The van der Waals surface area contributed by atoms with Crippen LogP contribution in [0.2, 0.25) is 0 Å². The lowest BCUT2D eigenvalue weighted by atomic mass is 10.2. The van der Waals surface area contributed by atoms with E-state index in [1.807, 2.05) is 30.3 Å². The van der Waals surface area contributed by atoms with Gasteiger partial charge in [-0.3, -0.25) is 4.79 Å². The Balaban J connectivity index is 2.43. The zero-order valence-corrected chi connectivity index (χ0v) is 8.98. The highest BCUT2D eigenvalue weighted by Crippen LogP contribution is 2.04. The maximum absolute atomic E-state index is 13.1. The molecule has 3 heteroatoms. The predicted octanol–water partition coefficient (Wildman–Crippen LogP) is 2.34. The standard InChI is InChI=1S/C13H12FNO/c1-10-7-8-12(14)13(16)15(10)9-11-5-3-2-4-6-11/h2-8H,9H2,1H3. The minimum absolute atomic E-state index is 0.406. The Hall–Kier alpha value is -1.90. The van der Waals surface area contributed by atoms with Crippen LogP contribution in [0.4, 0.5) is 4.39 Å². The van der Waals surface area contributed by atoms with Gasteiger partial charge in [0.05, 0.1) is 6.54 Å². The molecule has 2 aromatic rings. The molecule has 16 heavy (non-hydrogen) atoms. The van der Waals surface area contributed by atoms with Crippen molar-refractivity contribution in [1.29, 1.82) is 0 Å². The van der Waals surface area contributed by atoms with Crippen LogP contribution in [0.25, 0.3) is 0 Å². The number of nitrogens with zero attached hydrogens (tertiary/aromatic N) is 1. The summed E-state index contributed by atoms with van der Waals surface area (Å²) >= 11 is 0. The fourth-order valence-electron chi connectivity index (χ4n) is 1.61. The monoisotopic (exact) mass is 217 g/mol. The third-order valence-corrected chi connectivity index (χ3v) is 2.53. The first kappa shape index (κ1) is 10.6. The molecule has 0 spiro atoms. The lowest BCUT2D eigenvalue weighted by Gasteiger charge is -2.09. The average Bonchev–Trinajstić information content (AvgIpc) is 2.31. The number of hydrogen-bond acceptors (Lipinski definition) is 1. The quantitative estimate of drug-likeness (QED) is 0.756. The number of benzene rings is 1. The van der Waals surface area contributed by atoms with Crippen LogP contribution in [0.5, 0.6) is 0 Å². The van der Waals surface area contributed by atoms with Crippen LogP contribution >= 0.6 is 0 Å². The van der Waals surface area contributed by atoms with Crippen LogP contribution in [0.15, 0.2) is 47.3 Å². The van der Waals surface area contributed by atoms with E-state index in [0.29, 0.717) is 6.54 Å². The largest absolute Gasteiger partial charge is 0.306 e. The van der Waals surface area contributed by atoms with Gasteiger partial charge in [-0.1, -0.05) is 30.3 Å². The molecule has 0 unspecified atom stereocenters. The van der Waals surface area contributed by atoms with Crippen molar-refractivity contribution in [2.45, 2.75) is 13.5 Å². The summed E-state index contributed by atoms with van der Waals surface area (Å²) in [5.41, 5.74) is 1.18. The number of pyridine rings is 1. The SMILES string of the molecule is Cc1ccc(F)c(=O)n1Cc1ccccc1. The molecule has 0 saturated heterocycles. The summed E-state index contributed by atoms with van der Waals surface area (Å²) in [6.07, 6.45) is 0. The smallest absolute Gasteiger partial charge is 0.287 e. The maximum Gasteiger partial charge on any atom is 0.287 e. The molecule has 82 valence electrons. The van der Waals surface area contributed by atoms with Crippen molar-refractivity contribution in [1.82, 2.24) is 4.57 Å². The van der Waals surface area contributed by atoms with Crippen molar-refractivity contribution in [3.63, 3.8) is 0 Å². The first-order valence-corrected chi connectivity index (χ1v) is 5.08. The van der Waals surface area contributed by atoms with Crippen LogP contribution in [0.1, 0.15) is 11.3 Å². The number of aryl methyl sites for hydroxylation is 1. The van der Waals surface area contributed by atoms with Crippen molar-refractivity contribution >= 4 is 0 Å². The summed E-state index contributed by atoms with van der Waals surface area (Å²) in [5, 5.41) is 0. The third kappa shape index (κ3) is 2.03. The van der Waals surface area contributed by atoms with Crippen LogP contribution in [0, 0.1) is 12.7 Å². The van der Waals surface area contributed by atoms with E-state index in [-0.39, 0.29) is 0 Å². The number of aromatic nitrogens is 1. The molecular formula is C13H12FNO. The Morgan fingerprint density at radius 1 is 1.12 bits per heavy atom. The van der Waals surface area contributed by atoms with Gasteiger partial charge in [0.25, 0.3) is 5.56 Å². The molecular weight excluding hydrogens is 205 g/mol. The van der Waals surface area contributed by atoms with Gasteiger partial charge in [-0.2, -0.15) is 0 Å². The number of hydrogen-bond donors (Lipinski definition) is 0. The van der Waals surface area contributed by atoms with Crippen LogP contribution in [-0.2, 0) is 6.54 Å². The second kappa shape index (κ2) is 4.31. The first-order valence-electron chi connectivity index (χ1n) is 5.08. The van der Waals surface area contributed by atoms with Gasteiger partial charge in [-0.15, -0.1) is 0 Å². The van der Waals surface area contributed by atoms with Gasteiger partial charge < -0.3 is 4.57 Å². The predicted molar refractivity (Wildman–Crippen MR) is 60.9 cm³/mol. The molecule has 0 atom stereocenters. The molecule has 2 nitrogen and oxygen atoms in total. The van der Waals surface area contributed by atoms with E-state index in [2.05, 4.69) is 0 Å².